The number of anilines is 1. The molecule has 37 heavy (non-hydrogen) atoms. The van der Waals surface area contributed by atoms with Crippen molar-refractivity contribution < 1.29 is 0 Å². The number of para-hydroxylation sites is 1. The maximum absolute atomic E-state index is 13.4. The molecule has 0 saturated carbocycles. The summed E-state index contributed by atoms with van der Waals surface area (Å²) in [4.78, 5) is 35.8. The standard InChI is InChI=1S/C28H24N6O2S/c1-33-25-23(27(35)34(2)28(33)36)22(26-31-20-9-5-6-10-21(20)37-26)19(14-29)24(32-25)30-15-16-11-12-17-7-3-4-8-18(17)13-16/h3-13H,14-15,29H2,1-2H3,(H,30,32). The van der Waals surface area contributed by atoms with Crippen molar-refractivity contribution in [3.05, 3.63) is 98.7 Å². The first-order valence-corrected chi connectivity index (χ1v) is 12.7. The van der Waals surface area contributed by atoms with Gasteiger partial charge < -0.3 is 11.1 Å². The first kappa shape index (κ1) is 23.1. The van der Waals surface area contributed by atoms with Crippen LogP contribution in [0, 0.1) is 0 Å². The van der Waals surface area contributed by atoms with Crippen LogP contribution in [0.4, 0.5) is 5.82 Å². The third kappa shape index (κ3) is 3.80. The van der Waals surface area contributed by atoms with Gasteiger partial charge in [0.1, 0.15) is 10.8 Å². The van der Waals surface area contributed by atoms with Gasteiger partial charge in [0.15, 0.2) is 5.65 Å². The maximum atomic E-state index is 13.4. The molecule has 9 heteroatoms. The van der Waals surface area contributed by atoms with E-state index in [-0.39, 0.29) is 6.54 Å². The smallest absolute Gasteiger partial charge is 0.332 e. The van der Waals surface area contributed by atoms with Crippen LogP contribution in [0.25, 0.3) is 42.6 Å². The van der Waals surface area contributed by atoms with Crippen LogP contribution in [0.5, 0.6) is 0 Å². The van der Waals surface area contributed by atoms with Crippen molar-refractivity contribution in [3.63, 3.8) is 0 Å². The fourth-order valence-electron chi connectivity index (χ4n) is 4.72. The second kappa shape index (κ2) is 8.95. The molecule has 3 heterocycles. The van der Waals surface area contributed by atoms with Crippen molar-refractivity contribution in [1.29, 1.82) is 0 Å². The average Bonchev–Trinajstić information content (AvgIpc) is 3.36. The molecule has 0 fully saturated rings. The number of pyridine rings is 1. The number of hydrogen-bond donors (Lipinski definition) is 2. The predicted molar refractivity (Wildman–Crippen MR) is 150 cm³/mol. The van der Waals surface area contributed by atoms with E-state index in [4.69, 9.17) is 15.7 Å². The monoisotopic (exact) mass is 508 g/mol. The van der Waals surface area contributed by atoms with Crippen LogP contribution in [-0.4, -0.2) is 19.1 Å². The number of benzene rings is 3. The van der Waals surface area contributed by atoms with Crippen molar-refractivity contribution in [3.8, 4) is 10.6 Å². The zero-order valence-corrected chi connectivity index (χ0v) is 21.2. The second-order valence-corrected chi connectivity index (χ2v) is 9.97. The molecule has 0 spiro atoms. The number of nitrogens with zero attached hydrogens (tertiary/aromatic N) is 4. The van der Waals surface area contributed by atoms with E-state index in [1.807, 2.05) is 36.4 Å². The normalized spacial score (nSPS) is 11.5. The highest BCUT2D eigenvalue weighted by Crippen LogP contribution is 2.37. The van der Waals surface area contributed by atoms with Gasteiger partial charge in [-0.1, -0.05) is 48.5 Å². The zero-order chi connectivity index (χ0) is 25.7. The van der Waals surface area contributed by atoms with Gasteiger partial charge in [-0.05, 0) is 34.5 Å². The van der Waals surface area contributed by atoms with Crippen molar-refractivity contribution in [2.24, 2.45) is 19.8 Å². The highest BCUT2D eigenvalue weighted by Gasteiger charge is 2.24. The van der Waals surface area contributed by atoms with Gasteiger partial charge in [-0.15, -0.1) is 11.3 Å². The molecule has 6 rings (SSSR count). The topological polar surface area (TPSA) is 108 Å². The summed E-state index contributed by atoms with van der Waals surface area (Å²) in [6, 6.07) is 22.3. The van der Waals surface area contributed by atoms with Gasteiger partial charge in [0.05, 0.1) is 15.6 Å². The molecule has 0 radical (unpaired) electrons. The van der Waals surface area contributed by atoms with Gasteiger partial charge in [-0.2, -0.15) is 0 Å². The van der Waals surface area contributed by atoms with Crippen LogP contribution < -0.4 is 22.3 Å². The molecule has 0 atom stereocenters. The molecule has 3 aromatic carbocycles. The Hall–Kier alpha value is -4.34. The van der Waals surface area contributed by atoms with E-state index in [1.54, 1.807) is 7.05 Å². The molecule has 0 saturated heterocycles. The summed E-state index contributed by atoms with van der Waals surface area (Å²) in [6.07, 6.45) is 0. The highest BCUT2D eigenvalue weighted by atomic mass is 32.1. The molecular weight excluding hydrogens is 484 g/mol. The first-order chi connectivity index (χ1) is 18.0. The number of aromatic nitrogens is 4. The van der Waals surface area contributed by atoms with Gasteiger partial charge in [-0.3, -0.25) is 13.9 Å². The van der Waals surface area contributed by atoms with Gasteiger partial charge in [0, 0.05) is 38.3 Å². The fraction of sp³-hybridized carbons (Fsp3) is 0.143. The molecule has 0 amide bonds. The van der Waals surface area contributed by atoms with Crippen molar-refractivity contribution in [2.45, 2.75) is 13.1 Å². The first-order valence-electron chi connectivity index (χ1n) is 11.9. The van der Waals surface area contributed by atoms with E-state index in [1.165, 1.54) is 28.3 Å². The highest BCUT2D eigenvalue weighted by molar-refractivity contribution is 7.21. The van der Waals surface area contributed by atoms with E-state index in [2.05, 4.69) is 35.6 Å². The Labute approximate surface area is 215 Å². The predicted octanol–water partition coefficient (Wildman–Crippen LogP) is 4.13. The van der Waals surface area contributed by atoms with E-state index in [9.17, 15) is 9.59 Å². The zero-order valence-electron chi connectivity index (χ0n) is 20.4. The van der Waals surface area contributed by atoms with E-state index in [0.29, 0.717) is 39.5 Å². The lowest BCUT2D eigenvalue weighted by molar-refractivity contribution is 0.707. The lowest BCUT2D eigenvalue weighted by Crippen LogP contribution is -2.38. The Bertz CT molecular complexity index is 1920. The van der Waals surface area contributed by atoms with E-state index < -0.39 is 11.2 Å². The summed E-state index contributed by atoms with van der Waals surface area (Å²) in [5.74, 6) is 0.528. The lowest BCUT2D eigenvalue weighted by Gasteiger charge is -2.17. The van der Waals surface area contributed by atoms with Crippen LogP contribution in [0.1, 0.15) is 11.1 Å². The third-order valence-electron chi connectivity index (χ3n) is 6.67. The van der Waals surface area contributed by atoms with E-state index >= 15 is 0 Å². The van der Waals surface area contributed by atoms with Gasteiger partial charge in [0.2, 0.25) is 0 Å². The third-order valence-corrected chi connectivity index (χ3v) is 7.73. The van der Waals surface area contributed by atoms with Crippen LogP contribution in [-0.2, 0) is 27.2 Å². The molecule has 3 N–H and O–H groups in total. The molecule has 0 aliphatic heterocycles. The number of rotatable bonds is 5. The minimum Gasteiger partial charge on any atom is -0.366 e. The van der Waals surface area contributed by atoms with Crippen LogP contribution >= 0.6 is 11.3 Å². The lowest BCUT2D eigenvalue weighted by atomic mass is 10.0. The second-order valence-electron chi connectivity index (χ2n) is 8.94. The van der Waals surface area contributed by atoms with E-state index in [0.717, 1.165) is 25.7 Å². The Morgan fingerprint density at radius 1 is 0.919 bits per heavy atom. The quantitative estimate of drug-likeness (QED) is 0.363. The number of aryl methyl sites for hydroxylation is 1. The van der Waals surface area contributed by atoms with Gasteiger partial charge in [0.25, 0.3) is 5.56 Å². The number of thiazole rings is 1. The Kier molecular flexibility index (Phi) is 5.58. The van der Waals surface area contributed by atoms with Gasteiger partial charge >= 0.3 is 5.69 Å². The fourth-order valence-corrected chi connectivity index (χ4v) is 5.76. The minimum absolute atomic E-state index is 0.139. The Balaban J connectivity index is 1.57. The Morgan fingerprint density at radius 3 is 2.46 bits per heavy atom. The van der Waals surface area contributed by atoms with Crippen molar-refractivity contribution in [1.82, 2.24) is 19.1 Å². The largest absolute Gasteiger partial charge is 0.366 e. The molecular formula is C28H24N6O2S. The molecule has 0 aliphatic rings. The SMILES string of the molecule is Cn1c(=O)c2c(-c3nc4ccccc4s3)c(CN)c(NCc3ccc4ccccc4c3)nc2n(C)c1=O. The summed E-state index contributed by atoms with van der Waals surface area (Å²) in [6.45, 7) is 0.634. The Morgan fingerprint density at radius 2 is 1.68 bits per heavy atom. The molecule has 0 aliphatic carbocycles. The molecule has 6 aromatic rings. The number of hydrogen-bond acceptors (Lipinski definition) is 7. The molecule has 8 nitrogen and oxygen atoms in total. The van der Waals surface area contributed by atoms with Gasteiger partial charge in [-0.25, -0.2) is 14.8 Å². The summed E-state index contributed by atoms with van der Waals surface area (Å²) in [5, 5.41) is 6.74. The van der Waals surface area contributed by atoms with Crippen LogP contribution in [0.2, 0.25) is 0 Å². The number of nitrogens with two attached hydrogens (primary N) is 1. The van der Waals surface area contributed by atoms with Crippen molar-refractivity contribution in [2.75, 3.05) is 5.32 Å². The molecule has 0 unspecified atom stereocenters. The van der Waals surface area contributed by atoms with Crippen LogP contribution in [0.3, 0.4) is 0 Å². The molecule has 184 valence electrons. The summed E-state index contributed by atoms with van der Waals surface area (Å²) in [7, 11) is 3.09. The van der Waals surface area contributed by atoms with Crippen LogP contribution in [0.15, 0.2) is 76.3 Å². The number of nitrogens with one attached hydrogen (secondary N) is 1. The van der Waals surface area contributed by atoms with Crippen molar-refractivity contribution >= 4 is 49.2 Å². The molecule has 3 aromatic heterocycles. The summed E-state index contributed by atoms with van der Waals surface area (Å²) < 4.78 is 3.50. The number of fused-ring (bicyclic) bond motifs is 3. The molecule has 0 bridgehead atoms. The minimum atomic E-state index is -0.443. The maximum Gasteiger partial charge on any atom is 0.332 e. The summed E-state index contributed by atoms with van der Waals surface area (Å²) >= 11 is 1.49. The summed E-state index contributed by atoms with van der Waals surface area (Å²) in [5.41, 5.74) is 8.93. The average molecular weight is 509 g/mol.